The molecule has 1 rings (SSSR count). The number of carbonyl (C=O) groups is 1. The SMILES string of the molecule is CCNC(=O)CCNC1CCCC1OC. The lowest BCUT2D eigenvalue weighted by Crippen LogP contribution is -2.38. The Hall–Kier alpha value is -0.610. The lowest BCUT2D eigenvalue weighted by Gasteiger charge is -2.19. The molecule has 0 bridgehead atoms. The molecule has 0 aromatic heterocycles. The molecule has 1 aliphatic carbocycles. The Labute approximate surface area is 91.8 Å². The van der Waals surface area contributed by atoms with Gasteiger partial charge in [-0.2, -0.15) is 0 Å². The van der Waals surface area contributed by atoms with Crippen molar-refractivity contribution in [2.24, 2.45) is 0 Å². The first-order valence-corrected chi connectivity index (χ1v) is 5.80. The van der Waals surface area contributed by atoms with Gasteiger partial charge in [0.15, 0.2) is 0 Å². The lowest BCUT2D eigenvalue weighted by molar-refractivity contribution is -0.120. The smallest absolute Gasteiger partial charge is 0.221 e. The molecule has 1 fully saturated rings. The Bertz CT molecular complexity index is 197. The normalized spacial score (nSPS) is 25.5. The summed E-state index contributed by atoms with van der Waals surface area (Å²) >= 11 is 0. The molecule has 0 heterocycles. The van der Waals surface area contributed by atoms with E-state index in [1.807, 2.05) is 6.92 Å². The Kier molecular flexibility index (Phi) is 5.65. The molecular formula is C11H22N2O2. The Morgan fingerprint density at radius 2 is 2.27 bits per heavy atom. The van der Waals surface area contributed by atoms with Gasteiger partial charge >= 0.3 is 0 Å². The van der Waals surface area contributed by atoms with Crippen LogP contribution in [0, 0.1) is 0 Å². The fraction of sp³-hybridized carbons (Fsp3) is 0.909. The average molecular weight is 214 g/mol. The van der Waals surface area contributed by atoms with E-state index in [9.17, 15) is 4.79 Å². The fourth-order valence-corrected chi connectivity index (χ4v) is 2.10. The monoisotopic (exact) mass is 214 g/mol. The molecule has 0 spiro atoms. The molecule has 1 aliphatic rings. The largest absolute Gasteiger partial charge is 0.380 e. The first kappa shape index (κ1) is 12.5. The van der Waals surface area contributed by atoms with Crippen molar-refractivity contribution in [1.82, 2.24) is 10.6 Å². The molecule has 0 aromatic rings. The predicted octanol–water partition coefficient (Wildman–Crippen LogP) is 0.670. The van der Waals surface area contributed by atoms with E-state index in [1.165, 1.54) is 6.42 Å². The van der Waals surface area contributed by atoms with Crippen LogP contribution in [-0.2, 0) is 9.53 Å². The van der Waals surface area contributed by atoms with Crippen molar-refractivity contribution in [2.75, 3.05) is 20.2 Å². The Morgan fingerprint density at radius 1 is 1.47 bits per heavy atom. The Balaban J connectivity index is 2.11. The van der Waals surface area contributed by atoms with Gasteiger partial charge in [-0.05, 0) is 26.2 Å². The third kappa shape index (κ3) is 4.18. The molecule has 2 N–H and O–H groups in total. The highest BCUT2D eigenvalue weighted by Gasteiger charge is 2.26. The van der Waals surface area contributed by atoms with E-state index < -0.39 is 0 Å². The summed E-state index contributed by atoms with van der Waals surface area (Å²) in [4.78, 5) is 11.2. The third-order valence-electron chi connectivity index (χ3n) is 2.89. The number of methoxy groups -OCH3 is 1. The summed E-state index contributed by atoms with van der Waals surface area (Å²) in [6.45, 7) is 3.39. The van der Waals surface area contributed by atoms with Crippen LogP contribution in [0.1, 0.15) is 32.6 Å². The summed E-state index contributed by atoms with van der Waals surface area (Å²) in [6, 6.07) is 0.435. The van der Waals surface area contributed by atoms with Gasteiger partial charge in [0, 0.05) is 32.7 Å². The third-order valence-corrected chi connectivity index (χ3v) is 2.89. The number of amides is 1. The predicted molar refractivity (Wildman–Crippen MR) is 59.7 cm³/mol. The molecule has 2 atom stereocenters. The van der Waals surface area contributed by atoms with Gasteiger partial charge < -0.3 is 15.4 Å². The van der Waals surface area contributed by atoms with E-state index in [-0.39, 0.29) is 5.91 Å². The van der Waals surface area contributed by atoms with Crippen molar-refractivity contribution in [3.63, 3.8) is 0 Å². The highest BCUT2D eigenvalue weighted by Crippen LogP contribution is 2.21. The molecule has 0 radical (unpaired) electrons. The zero-order valence-electron chi connectivity index (χ0n) is 9.71. The number of ether oxygens (including phenoxy) is 1. The molecule has 1 amide bonds. The zero-order valence-corrected chi connectivity index (χ0v) is 9.71. The average Bonchev–Trinajstić information content (AvgIpc) is 2.66. The van der Waals surface area contributed by atoms with Crippen LogP contribution in [-0.4, -0.2) is 38.3 Å². The maximum absolute atomic E-state index is 11.2. The standard InChI is InChI=1S/C11H22N2O2/c1-3-12-11(14)7-8-13-9-5-4-6-10(9)15-2/h9-10,13H,3-8H2,1-2H3,(H,12,14). The molecule has 4 nitrogen and oxygen atoms in total. The van der Waals surface area contributed by atoms with Crippen LogP contribution in [0.5, 0.6) is 0 Å². The number of hydrogen-bond acceptors (Lipinski definition) is 3. The summed E-state index contributed by atoms with van der Waals surface area (Å²) in [5.74, 6) is 0.122. The Morgan fingerprint density at radius 3 is 2.93 bits per heavy atom. The van der Waals surface area contributed by atoms with Gasteiger partial charge in [0.2, 0.25) is 5.91 Å². The molecule has 15 heavy (non-hydrogen) atoms. The first-order valence-electron chi connectivity index (χ1n) is 5.80. The summed E-state index contributed by atoms with van der Waals surface area (Å²) in [5.41, 5.74) is 0. The molecule has 0 aliphatic heterocycles. The van der Waals surface area contributed by atoms with Crippen molar-refractivity contribution in [3.8, 4) is 0 Å². The molecule has 4 heteroatoms. The number of rotatable bonds is 6. The number of carbonyl (C=O) groups excluding carboxylic acids is 1. The number of nitrogens with one attached hydrogen (secondary N) is 2. The van der Waals surface area contributed by atoms with Gasteiger partial charge in [-0.15, -0.1) is 0 Å². The van der Waals surface area contributed by atoms with Crippen molar-refractivity contribution in [1.29, 1.82) is 0 Å². The molecule has 1 saturated carbocycles. The highest BCUT2D eigenvalue weighted by atomic mass is 16.5. The number of hydrogen-bond donors (Lipinski definition) is 2. The van der Waals surface area contributed by atoms with Crippen molar-refractivity contribution < 1.29 is 9.53 Å². The van der Waals surface area contributed by atoms with E-state index in [0.717, 1.165) is 19.4 Å². The van der Waals surface area contributed by atoms with E-state index in [1.54, 1.807) is 7.11 Å². The van der Waals surface area contributed by atoms with Crippen LogP contribution in [0.25, 0.3) is 0 Å². The van der Waals surface area contributed by atoms with Crippen LogP contribution in [0.15, 0.2) is 0 Å². The van der Waals surface area contributed by atoms with Gasteiger partial charge in [0.05, 0.1) is 6.10 Å². The van der Waals surface area contributed by atoms with E-state index in [2.05, 4.69) is 10.6 Å². The second kappa shape index (κ2) is 6.80. The van der Waals surface area contributed by atoms with E-state index in [0.29, 0.717) is 25.1 Å². The summed E-state index contributed by atoms with van der Waals surface area (Å²) in [5, 5.41) is 6.17. The van der Waals surface area contributed by atoms with Gasteiger partial charge in [-0.3, -0.25) is 4.79 Å². The topological polar surface area (TPSA) is 50.4 Å². The molecular weight excluding hydrogens is 192 g/mol. The summed E-state index contributed by atoms with van der Waals surface area (Å²) < 4.78 is 5.37. The van der Waals surface area contributed by atoms with Gasteiger partial charge in [-0.25, -0.2) is 0 Å². The van der Waals surface area contributed by atoms with Crippen molar-refractivity contribution in [2.45, 2.75) is 44.8 Å². The quantitative estimate of drug-likeness (QED) is 0.683. The summed E-state index contributed by atoms with van der Waals surface area (Å²) in [7, 11) is 1.76. The minimum atomic E-state index is 0.122. The zero-order chi connectivity index (χ0) is 11.1. The molecule has 0 aromatic carbocycles. The van der Waals surface area contributed by atoms with Gasteiger partial charge in [0.1, 0.15) is 0 Å². The van der Waals surface area contributed by atoms with Gasteiger partial charge in [-0.1, -0.05) is 0 Å². The molecule has 88 valence electrons. The van der Waals surface area contributed by atoms with Crippen LogP contribution < -0.4 is 10.6 Å². The van der Waals surface area contributed by atoms with Crippen LogP contribution >= 0.6 is 0 Å². The van der Waals surface area contributed by atoms with E-state index >= 15 is 0 Å². The van der Waals surface area contributed by atoms with Crippen molar-refractivity contribution >= 4 is 5.91 Å². The van der Waals surface area contributed by atoms with Crippen molar-refractivity contribution in [3.05, 3.63) is 0 Å². The van der Waals surface area contributed by atoms with Gasteiger partial charge in [0.25, 0.3) is 0 Å². The summed E-state index contributed by atoms with van der Waals surface area (Å²) in [6.07, 6.45) is 4.40. The maximum atomic E-state index is 11.2. The molecule has 0 saturated heterocycles. The minimum absolute atomic E-state index is 0.122. The van der Waals surface area contributed by atoms with E-state index in [4.69, 9.17) is 4.74 Å². The lowest BCUT2D eigenvalue weighted by atomic mass is 10.2. The first-order chi connectivity index (χ1) is 7.27. The van der Waals surface area contributed by atoms with Crippen LogP contribution in [0.3, 0.4) is 0 Å². The second-order valence-corrected chi connectivity index (χ2v) is 3.97. The van der Waals surface area contributed by atoms with Crippen LogP contribution in [0.4, 0.5) is 0 Å². The minimum Gasteiger partial charge on any atom is -0.380 e. The van der Waals surface area contributed by atoms with Crippen LogP contribution in [0.2, 0.25) is 0 Å². The fourth-order valence-electron chi connectivity index (χ4n) is 2.10. The maximum Gasteiger partial charge on any atom is 0.221 e. The second-order valence-electron chi connectivity index (χ2n) is 3.97. The highest BCUT2D eigenvalue weighted by molar-refractivity contribution is 5.75. The molecule has 2 unspecified atom stereocenters.